The van der Waals surface area contributed by atoms with E-state index in [1.54, 1.807) is 9.80 Å². The van der Waals surface area contributed by atoms with Gasteiger partial charge in [0.15, 0.2) is 0 Å². The largest absolute Gasteiger partial charge is 0.465 e. The molecule has 2 aliphatic heterocycles. The zero-order valence-electron chi connectivity index (χ0n) is 33.1. The molecule has 2 fully saturated rings. The molecule has 6 atom stereocenters. The quantitative estimate of drug-likeness (QED) is 0.101. The molecule has 16 heteroatoms. The van der Waals surface area contributed by atoms with Gasteiger partial charge in [0.25, 0.3) is 0 Å². The van der Waals surface area contributed by atoms with E-state index in [1.807, 2.05) is 76.2 Å². The van der Waals surface area contributed by atoms with E-state index < -0.39 is 24.3 Å². The number of ether oxygens (including phenoxy) is 1. The summed E-state index contributed by atoms with van der Waals surface area (Å²) < 4.78 is 4.77. The van der Waals surface area contributed by atoms with Crippen LogP contribution in [0.15, 0.2) is 48.5 Å². The Morgan fingerprint density at radius 1 is 0.702 bits per heavy atom. The number of hydrogen-bond donors (Lipinski definition) is 5. The zero-order chi connectivity index (χ0) is 41.3. The number of nitrogens with one attached hydrogen (secondary N) is 4. The summed E-state index contributed by atoms with van der Waals surface area (Å²) in [6.45, 7) is 12.5. The Hall–Kier alpha value is -5.08. The number of amides is 4. The smallest absolute Gasteiger partial charge is 0.407 e. The highest BCUT2D eigenvalue weighted by Crippen LogP contribution is 2.40. The topological polar surface area (TPSA) is 186 Å². The summed E-state index contributed by atoms with van der Waals surface area (Å²) in [5.74, 6) is 0.697. The van der Waals surface area contributed by atoms with Crippen molar-refractivity contribution in [2.24, 2.45) is 23.7 Å². The second-order valence-corrected chi connectivity index (χ2v) is 16.7. The average molecular weight is 822 g/mol. The summed E-state index contributed by atoms with van der Waals surface area (Å²) in [4.78, 5) is 70.4. The van der Waals surface area contributed by atoms with Gasteiger partial charge in [0.05, 0.1) is 19.2 Å². The summed E-state index contributed by atoms with van der Waals surface area (Å²) in [6.07, 6.45) is -0.535. The van der Waals surface area contributed by atoms with E-state index in [1.165, 1.54) is 7.11 Å². The Morgan fingerprint density at radius 3 is 1.42 bits per heavy atom. The van der Waals surface area contributed by atoms with E-state index in [0.29, 0.717) is 59.3 Å². The van der Waals surface area contributed by atoms with Gasteiger partial charge in [0.2, 0.25) is 11.8 Å². The van der Waals surface area contributed by atoms with Crippen LogP contribution in [0, 0.1) is 23.7 Å². The molecule has 0 unspecified atom stereocenters. The number of hydrogen-bond acceptors (Lipinski definition) is 7. The van der Waals surface area contributed by atoms with Crippen molar-refractivity contribution in [2.75, 3.05) is 20.2 Å². The van der Waals surface area contributed by atoms with Gasteiger partial charge in [-0.05, 0) is 47.6 Å². The lowest BCUT2D eigenvalue weighted by Crippen LogP contribution is -2.51. The van der Waals surface area contributed by atoms with Crippen LogP contribution in [0.3, 0.4) is 0 Å². The molecule has 6 rings (SSSR count). The van der Waals surface area contributed by atoms with Crippen molar-refractivity contribution in [1.82, 2.24) is 40.4 Å². The first-order chi connectivity index (χ1) is 27.1. The van der Waals surface area contributed by atoms with Crippen molar-refractivity contribution >= 4 is 47.2 Å². The van der Waals surface area contributed by atoms with E-state index in [9.17, 15) is 24.3 Å². The number of carbonyl (C=O) groups excluding carboxylic acids is 3. The van der Waals surface area contributed by atoms with Crippen LogP contribution in [0.4, 0.5) is 9.59 Å². The molecule has 5 N–H and O–H groups in total. The molecular weight excluding hydrogens is 771 g/mol. The van der Waals surface area contributed by atoms with Crippen molar-refractivity contribution < 1.29 is 29.0 Å². The number of H-pyrrole nitrogens is 2. The minimum Gasteiger partial charge on any atom is -0.465 e. The monoisotopic (exact) mass is 820 g/mol. The summed E-state index contributed by atoms with van der Waals surface area (Å²) in [7, 11) is 1.27. The van der Waals surface area contributed by atoms with Crippen LogP contribution in [0.2, 0.25) is 10.3 Å². The first-order valence-electron chi connectivity index (χ1n) is 19.2. The Morgan fingerprint density at radius 2 is 1.07 bits per heavy atom. The molecule has 4 aromatic rings. The van der Waals surface area contributed by atoms with Crippen LogP contribution in [-0.4, -0.2) is 91.1 Å². The van der Waals surface area contributed by atoms with Gasteiger partial charge in [0, 0.05) is 24.2 Å². The van der Waals surface area contributed by atoms with Gasteiger partial charge in [-0.3, -0.25) is 9.59 Å². The molecule has 14 nitrogen and oxygen atoms in total. The minimum absolute atomic E-state index is 0.153. The second-order valence-electron chi connectivity index (χ2n) is 15.9. The molecule has 4 amide bonds. The number of likely N-dealkylation sites (tertiary alicyclic amines) is 2. The number of alkyl carbamates (subject to hydrolysis) is 1. The van der Waals surface area contributed by atoms with Gasteiger partial charge in [-0.25, -0.2) is 19.6 Å². The van der Waals surface area contributed by atoms with Crippen LogP contribution in [-0.2, 0) is 14.3 Å². The summed E-state index contributed by atoms with van der Waals surface area (Å²) in [5, 5.41) is 15.1. The maximum atomic E-state index is 13.7. The van der Waals surface area contributed by atoms with Crippen LogP contribution >= 0.6 is 23.2 Å². The molecule has 0 radical (unpaired) electrons. The Balaban J connectivity index is 1.17. The molecule has 2 aliphatic rings. The third-order valence-electron chi connectivity index (χ3n) is 10.8. The Bertz CT molecular complexity index is 2100. The first-order valence-corrected chi connectivity index (χ1v) is 20.0. The second kappa shape index (κ2) is 17.2. The maximum absolute atomic E-state index is 13.7. The van der Waals surface area contributed by atoms with E-state index in [4.69, 9.17) is 37.9 Å². The zero-order valence-corrected chi connectivity index (χ0v) is 34.6. The first kappa shape index (κ1) is 41.6. The summed E-state index contributed by atoms with van der Waals surface area (Å²) in [6, 6.07) is 13.4. The highest BCUT2D eigenvalue weighted by molar-refractivity contribution is 6.32. The molecule has 0 saturated carbocycles. The van der Waals surface area contributed by atoms with Crippen molar-refractivity contribution in [3.05, 3.63) is 70.5 Å². The molecular formula is C41H50Cl2N8O6. The lowest BCUT2D eigenvalue weighted by Gasteiger charge is -2.30. The Labute approximate surface area is 342 Å². The molecule has 304 valence electrons. The fourth-order valence-corrected chi connectivity index (χ4v) is 8.37. The molecule has 57 heavy (non-hydrogen) atoms. The lowest BCUT2D eigenvalue weighted by molar-refractivity contribution is -0.136. The number of halogens is 2. The van der Waals surface area contributed by atoms with Crippen molar-refractivity contribution in [2.45, 2.75) is 78.6 Å². The number of benzene rings is 2. The number of carboxylic acid groups (broad SMARTS) is 1. The van der Waals surface area contributed by atoms with Crippen molar-refractivity contribution in [3.63, 3.8) is 0 Å². The van der Waals surface area contributed by atoms with Gasteiger partial charge >= 0.3 is 12.2 Å². The van der Waals surface area contributed by atoms with Crippen LogP contribution in [0.1, 0.15) is 78.1 Å². The predicted molar refractivity (Wildman–Crippen MR) is 217 cm³/mol. The van der Waals surface area contributed by atoms with E-state index in [-0.39, 0.29) is 47.6 Å². The number of carbonyl (C=O) groups is 4. The Kier molecular flexibility index (Phi) is 12.5. The van der Waals surface area contributed by atoms with Gasteiger partial charge < -0.3 is 40.2 Å². The molecule has 2 aromatic heterocycles. The van der Waals surface area contributed by atoms with Gasteiger partial charge in [0.1, 0.15) is 45.4 Å². The molecule has 0 aliphatic carbocycles. The van der Waals surface area contributed by atoms with Gasteiger partial charge in [-0.1, -0.05) is 113 Å². The van der Waals surface area contributed by atoms with E-state index >= 15 is 0 Å². The van der Waals surface area contributed by atoms with Crippen LogP contribution in [0.5, 0.6) is 0 Å². The third-order valence-corrected chi connectivity index (χ3v) is 11.4. The molecule has 4 heterocycles. The molecule has 0 bridgehead atoms. The average Bonchev–Trinajstić information content (AvgIpc) is 3.96. The molecule has 2 aromatic carbocycles. The van der Waals surface area contributed by atoms with E-state index in [0.717, 1.165) is 22.3 Å². The third kappa shape index (κ3) is 8.91. The van der Waals surface area contributed by atoms with Crippen molar-refractivity contribution in [1.29, 1.82) is 0 Å². The molecule has 0 spiro atoms. The maximum Gasteiger partial charge on any atom is 0.407 e. The number of methoxy groups -OCH3 is 1. The SMILES string of the molecule is COC(=O)N[C@H](C(=O)N1C[C@@H](C)C[C@H]1c1nc(-c2ccc(-c3ccc(-c4nc([C@@H]5C[C@H](C)CN5C(=O)[C@@H](NC(=O)O)C(C)C)[nH]c4Cl)cc3)cc2)c(Cl)[nH]1)C(C)C. The van der Waals surface area contributed by atoms with Crippen molar-refractivity contribution in [3.8, 4) is 33.6 Å². The highest BCUT2D eigenvalue weighted by Gasteiger charge is 2.42. The number of nitrogens with zero attached hydrogens (tertiary/aromatic N) is 4. The normalized spacial score (nSPS) is 20.5. The van der Waals surface area contributed by atoms with Gasteiger partial charge in [-0.15, -0.1) is 0 Å². The summed E-state index contributed by atoms with van der Waals surface area (Å²) >= 11 is 13.4. The minimum atomic E-state index is -1.24. The highest BCUT2D eigenvalue weighted by atomic mass is 35.5. The van der Waals surface area contributed by atoms with Gasteiger partial charge in [-0.2, -0.15) is 0 Å². The fraction of sp³-hybridized carbons (Fsp3) is 0.463. The fourth-order valence-electron chi connectivity index (χ4n) is 7.88. The standard InChI is InChI=1S/C41H50Cl2N8O6/c1-20(2)30(46-40(54)55)38(52)50-18-22(5)16-28(50)36-44-32(34(42)48-36)26-12-8-24(9-13-26)25-10-14-27(15-11-25)33-35(43)49-37(45-33)29-17-23(6)19-51(29)39(53)31(21(3)4)47-41(56)57-7/h8-15,20-23,28-31,46H,16-19H2,1-7H3,(H,44,48)(H,45,49)(H,47,56)(H,54,55)/t22-,23-,28-,29-,30-,31-/m0/s1. The number of aromatic amines is 2. The lowest BCUT2D eigenvalue weighted by atomic mass is 10.0. The van der Waals surface area contributed by atoms with Crippen LogP contribution in [0.25, 0.3) is 33.6 Å². The van der Waals surface area contributed by atoms with Crippen LogP contribution < -0.4 is 10.6 Å². The number of imidazole rings is 2. The number of aromatic nitrogens is 4. The predicted octanol–water partition coefficient (Wildman–Crippen LogP) is 7.93. The number of rotatable bonds is 11. The van der Waals surface area contributed by atoms with E-state index in [2.05, 4.69) is 34.4 Å². The molecule has 2 saturated heterocycles. The summed E-state index contributed by atoms with van der Waals surface area (Å²) in [5.41, 5.74) is 4.67.